The minimum Gasteiger partial charge on any atom is -0.457 e. The summed E-state index contributed by atoms with van der Waals surface area (Å²) in [7, 11) is 0. The number of halogens is 2. The van der Waals surface area contributed by atoms with Crippen LogP contribution in [0.3, 0.4) is 0 Å². The molecule has 4 heteroatoms. The number of nitrogens with one attached hydrogen (secondary N) is 1. The van der Waals surface area contributed by atoms with Crippen LogP contribution in [0.4, 0.5) is 4.39 Å². The normalized spacial score (nSPS) is 10.6. The van der Waals surface area contributed by atoms with Gasteiger partial charge in [-0.05, 0) is 48.9 Å². The molecule has 2 aromatic rings. The number of rotatable bonds is 5. The molecule has 0 aliphatic carbocycles. The van der Waals surface area contributed by atoms with Crippen molar-refractivity contribution in [1.82, 2.24) is 5.32 Å². The molecular weight excluding hydrogens is 277 g/mol. The van der Waals surface area contributed by atoms with Crippen LogP contribution < -0.4 is 10.1 Å². The first kappa shape index (κ1) is 14.8. The van der Waals surface area contributed by atoms with Crippen LogP contribution in [-0.4, -0.2) is 6.54 Å². The van der Waals surface area contributed by atoms with Crippen molar-refractivity contribution in [1.29, 1.82) is 0 Å². The van der Waals surface area contributed by atoms with Crippen LogP contribution in [0.5, 0.6) is 11.5 Å². The van der Waals surface area contributed by atoms with Crippen molar-refractivity contribution in [2.24, 2.45) is 0 Å². The number of aryl methyl sites for hydroxylation is 1. The summed E-state index contributed by atoms with van der Waals surface area (Å²) in [5.74, 6) is 0.789. The molecule has 0 aromatic heterocycles. The van der Waals surface area contributed by atoms with Crippen molar-refractivity contribution in [3.8, 4) is 11.5 Å². The van der Waals surface area contributed by atoms with Gasteiger partial charge < -0.3 is 10.1 Å². The lowest BCUT2D eigenvalue weighted by molar-refractivity contribution is 0.480. The molecule has 0 fully saturated rings. The van der Waals surface area contributed by atoms with Crippen LogP contribution >= 0.6 is 11.6 Å². The van der Waals surface area contributed by atoms with E-state index in [1.807, 2.05) is 25.1 Å². The molecule has 2 aromatic carbocycles. The van der Waals surface area contributed by atoms with E-state index in [-0.39, 0.29) is 5.02 Å². The third-order valence-corrected chi connectivity index (χ3v) is 3.30. The van der Waals surface area contributed by atoms with Gasteiger partial charge in [-0.1, -0.05) is 24.6 Å². The van der Waals surface area contributed by atoms with Crippen LogP contribution in [0.15, 0.2) is 36.4 Å². The third kappa shape index (κ3) is 3.71. The molecule has 0 aliphatic heterocycles. The fourth-order valence-corrected chi connectivity index (χ4v) is 2.04. The monoisotopic (exact) mass is 293 g/mol. The predicted molar refractivity (Wildman–Crippen MR) is 80.0 cm³/mol. The standard InChI is InChI=1S/C16H17ClFNO/c1-3-19-10-12-4-5-13(8-11(12)2)20-14-6-7-16(18)15(17)9-14/h4-9,19H,3,10H2,1-2H3. The lowest BCUT2D eigenvalue weighted by Crippen LogP contribution is -2.12. The maximum Gasteiger partial charge on any atom is 0.142 e. The highest BCUT2D eigenvalue weighted by Crippen LogP contribution is 2.27. The lowest BCUT2D eigenvalue weighted by atomic mass is 10.1. The van der Waals surface area contributed by atoms with E-state index < -0.39 is 5.82 Å². The van der Waals surface area contributed by atoms with Gasteiger partial charge in [0.05, 0.1) is 5.02 Å². The molecule has 2 nitrogen and oxygen atoms in total. The van der Waals surface area contributed by atoms with Gasteiger partial charge >= 0.3 is 0 Å². The highest BCUT2D eigenvalue weighted by molar-refractivity contribution is 6.30. The first-order chi connectivity index (χ1) is 9.60. The molecule has 0 bridgehead atoms. The molecule has 0 aliphatic rings. The van der Waals surface area contributed by atoms with Crippen LogP contribution in [0.1, 0.15) is 18.1 Å². The van der Waals surface area contributed by atoms with E-state index in [2.05, 4.69) is 12.2 Å². The molecule has 2 rings (SSSR count). The van der Waals surface area contributed by atoms with E-state index in [1.165, 1.54) is 17.7 Å². The van der Waals surface area contributed by atoms with Gasteiger partial charge in [0, 0.05) is 12.6 Å². The Morgan fingerprint density at radius 1 is 1.15 bits per heavy atom. The van der Waals surface area contributed by atoms with Crippen LogP contribution in [0.25, 0.3) is 0 Å². The van der Waals surface area contributed by atoms with Gasteiger partial charge in [-0.25, -0.2) is 4.39 Å². The van der Waals surface area contributed by atoms with E-state index in [0.717, 1.165) is 18.7 Å². The molecule has 0 spiro atoms. The average molecular weight is 294 g/mol. The van der Waals surface area contributed by atoms with Crippen LogP contribution in [0, 0.1) is 12.7 Å². The Kier molecular flexibility index (Phi) is 4.99. The van der Waals surface area contributed by atoms with Crippen molar-refractivity contribution >= 4 is 11.6 Å². The number of benzene rings is 2. The maximum atomic E-state index is 13.1. The van der Waals surface area contributed by atoms with E-state index >= 15 is 0 Å². The molecule has 20 heavy (non-hydrogen) atoms. The highest BCUT2D eigenvalue weighted by atomic mass is 35.5. The zero-order chi connectivity index (χ0) is 14.5. The third-order valence-electron chi connectivity index (χ3n) is 3.01. The fraction of sp³-hybridized carbons (Fsp3) is 0.250. The van der Waals surface area contributed by atoms with E-state index in [4.69, 9.17) is 16.3 Å². The Morgan fingerprint density at radius 3 is 2.50 bits per heavy atom. The van der Waals surface area contributed by atoms with Crippen molar-refractivity contribution in [3.63, 3.8) is 0 Å². The summed E-state index contributed by atoms with van der Waals surface area (Å²) in [4.78, 5) is 0. The minimum atomic E-state index is -0.448. The van der Waals surface area contributed by atoms with E-state index in [0.29, 0.717) is 11.5 Å². The number of ether oxygens (including phenoxy) is 1. The molecule has 0 heterocycles. The van der Waals surface area contributed by atoms with Crippen LogP contribution in [-0.2, 0) is 6.54 Å². The van der Waals surface area contributed by atoms with Gasteiger partial charge in [0.1, 0.15) is 17.3 Å². The van der Waals surface area contributed by atoms with Crippen molar-refractivity contribution in [2.75, 3.05) is 6.54 Å². The molecule has 0 saturated heterocycles. The van der Waals surface area contributed by atoms with Crippen LogP contribution in [0.2, 0.25) is 5.02 Å². The molecule has 106 valence electrons. The van der Waals surface area contributed by atoms with Gasteiger partial charge in [-0.3, -0.25) is 0 Å². The smallest absolute Gasteiger partial charge is 0.142 e. The molecular formula is C16H17ClFNO. The first-order valence-electron chi connectivity index (χ1n) is 6.53. The molecule has 0 radical (unpaired) electrons. The summed E-state index contributed by atoms with van der Waals surface area (Å²) >= 11 is 5.73. The second kappa shape index (κ2) is 6.73. The minimum absolute atomic E-state index is 0.0583. The second-order valence-electron chi connectivity index (χ2n) is 4.55. The summed E-state index contributed by atoms with van der Waals surface area (Å²) in [6.45, 7) is 5.89. The first-order valence-corrected chi connectivity index (χ1v) is 6.91. The Hall–Kier alpha value is -1.58. The van der Waals surface area contributed by atoms with E-state index in [1.54, 1.807) is 6.07 Å². The summed E-state index contributed by atoms with van der Waals surface area (Å²) in [5, 5.41) is 3.35. The largest absolute Gasteiger partial charge is 0.457 e. The SMILES string of the molecule is CCNCc1ccc(Oc2ccc(F)c(Cl)c2)cc1C. The summed E-state index contributed by atoms with van der Waals surface area (Å²) in [6.07, 6.45) is 0. The average Bonchev–Trinajstić information content (AvgIpc) is 2.42. The molecule has 0 unspecified atom stereocenters. The molecule has 1 N–H and O–H groups in total. The van der Waals surface area contributed by atoms with Crippen molar-refractivity contribution in [3.05, 3.63) is 58.4 Å². The van der Waals surface area contributed by atoms with Gasteiger partial charge in [-0.15, -0.1) is 0 Å². The summed E-state index contributed by atoms with van der Waals surface area (Å²) in [6, 6.07) is 10.2. The quantitative estimate of drug-likeness (QED) is 0.863. The highest BCUT2D eigenvalue weighted by Gasteiger charge is 2.05. The number of hydrogen-bond donors (Lipinski definition) is 1. The van der Waals surface area contributed by atoms with E-state index in [9.17, 15) is 4.39 Å². The zero-order valence-corrected chi connectivity index (χ0v) is 12.3. The Labute approximate surface area is 123 Å². The molecule has 0 saturated carbocycles. The zero-order valence-electron chi connectivity index (χ0n) is 11.5. The van der Waals surface area contributed by atoms with Crippen molar-refractivity contribution in [2.45, 2.75) is 20.4 Å². The molecule has 0 atom stereocenters. The Bertz CT molecular complexity index is 601. The van der Waals surface area contributed by atoms with Gasteiger partial charge in [0.15, 0.2) is 0 Å². The summed E-state index contributed by atoms with van der Waals surface area (Å²) < 4.78 is 18.8. The lowest BCUT2D eigenvalue weighted by Gasteiger charge is -2.10. The van der Waals surface area contributed by atoms with Gasteiger partial charge in [-0.2, -0.15) is 0 Å². The topological polar surface area (TPSA) is 21.3 Å². The molecule has 0 amide bonds. The number of hydrogen-bond acceptors (Lipinski definition) is 2. The summed E-state index contributed by atoms with van der Waals surface area (Å²) in [5.41, 5.74) is 2.38. The van der Waals surface area contributed by atoms with Crippen molar-refractivity contribution < 1.29 is 9.13 Å². The maximum absolute atomic E-state index is 13.1. The van der Waals surface area contributed by atoms with Gasteiger partial charge in [0.25, 0.3) is 0 Å². The predicted octanol–water partition coefficient (Wildman–Crippen LogP) is 4.69. The Morgan fingerprint density at radius 2 is 1.85 bits per heavy atom. The second-order valence-corrected chi connectivity index (χ2v) is 4.95. The fourth-order valence-electron chi connectivity index (χ4n) is 1.87. The van der Waals surface area contributed by atoms with Gasteiger partial charge in [0.2, 0.25) is 0 Å². The Balaban J connectivity index is 2.13.